The average Bonchev–Trinajstić information content (AvgIpc) is 2.81. The van der Waals surface area contributed by atoms with Crippen LogP contribution in [0.3, 0.4) is 0 Å². The number of ether oxygens (including phenoxy) is 2. The van der Waals surface area contributed by atoms with Crippen LogP contribution < -0.4 is 20.1 Å². The second-order valence-corrected chi connectivity index (χ2v) is 6.63. The van der Waals surface area contributed by atoms with Crippen LogP contribution in [0.1, 0.15) is 23.7 Å². The molecule has 3 rings (SSSR count). The van der Waals surface area contributed by atoms with Crippen molar-refractivity contribution in [2.75, 3.05) is 13.7 Å². The summed E-state index contributed by atoms with van der Waals surface area (Å²) in [4.78, 5) is 8.99. The number of nitrogens with zero attached hydrogens (tertiary/aromatic N) is 2. The van der Waals surface area contributed by atoms with E-state index in [0.717, 1.165) is 29.3 Å². The molecule has 0 aliphatic rings. The number of pyridine rings is 1. The first-order valence-electron chi connectivity index (χ1n) is 10.0. The zero-order valence-corrected chi connectivity index (χ0v) is 20.2. The van der Waals surface area contributed by atoms with Crippen LogP contribution in [0, 0.1) is 0 Å². The molecule has 1 heterocycles. The Bertz CT molecular complexity index is 937. The van der Waals surface area contributed by atoms with Crippen molar-refractivity contribution in [3.8, 4) is 11.5 Å². The highest BCUT2D eigenvalue weighted by molar-refractivity contribution is 14.0. The lowest BCUT2D eigenvalue weighted by molar-refractivity contribution is 0.284. The topological polar surface area (TPSA) is 67.8 Å². The molecular formula is C24H29IN4O2. The number of methoxy groups -OCH3 is 1. The minimum atomic E-state index is 0. The lowest BCUT2D eigenvalue weighted by atomic mass is 10.2. The molecule has 164 valence electrons. The number of rotatable bonds is 9. The van der Waals surface area contributed by atoms with E-state index in [9.17, 15) is 0 Å². The van der Waals surface area contributed by atoms with Crippen molar-refractivity contribution < 1.29 is 9.47 Å². The molecule has 0 fully saturated rings. The summed E-state index contributed by atoms with van der Waals surface area (Å²) >= 11 is 0. The number of aliphatic imine (C=N–C) groups is 1. The largest absolute Gasteiger partial charge is 0.493 e. The molecule has 1 aromatic heterocycles. The summed E-state index contributed by atoms with van der Waals surface area (Å²) in [7, 11) is 1.65. The van der Waals surface area contributed by atoms with Crippen LogP contribution in [0.15, 0.2) is 77.9 Å². The molecule has 0 aliphatic carbocycles. The maximum atomic E-state index is 5.93. The molecule has 0 spiro atoms. The Morgan fingerprint density at radius 1 is 0.935 bits per heavy atom. The quantitative estimate of drug-likeness (QED) is 0.241. The van der Waals surface area contributed by atoms with E-state index < -0.39 is 0 Å². The zero-order valence-electron chi connectivity index (χ0n) is 17.9. The Morgan fingerprint density at radius 3 is 2.45 bits per heavy atom. The van der Waals surface area contributed by atoms with Crippen LogP contribution >= 0.6 is 24.0 Å². The van der Waals surface area contributed by atoms with Crippen LogP contribution in [-0.4, -0.2) is 24.6 Å². The molecule has 2 aromatic carbocycles. The Kier molecular flexibility index (Phi) is 10.6. The first-order valence-corrected chi connectivity index (χ1v) is 10.0. The maximum absolute atomic E-state index is 5.93. The Morgan fingerprint density at radius 2 is 1.74 bits per heavy atom. The summed E-state index contributed by atoms with van der Waals surface area (Å²) in [5, 5.41) is 6.56. The number of nitrogens with one attached hydrogen (secondary N) is 2. The van der Waals surface area contributed by atoms with Gasteiger partial charge in [0.1, 0.15) is 6.61 Å². The molecule has 31 heavy (non-hydrogen) atoms. The summed E-state index contributed by atoms with van der Waals surface area (Å²) in [5.74, 6) is 2.16. The lowest BCUT2D eigenvalue weighted by Gasteiger charge is -2.13. The van der Waals surface area contributed by atoms with Crippen LogP contribution in [0.2, 0.25) is 0 Å². The zero-order chi connectivity index (χ0) is 21.0. The van der Waals surface area contributed by atoms with Crippen molar-refractivity contribution in [2.45, 2.75) is 26.6 Å². The second kappa shape index (κ2) is 13.5. The fourth-order valence-electron chi connectivity index (χ4n) is 2.85. The van der Waals surface area contributed by atoms with Gasteiger partial charge < -0.3 is 20.1 Å². The highest BCUT2D eigenvalue weighted by Crippen LogP contribution is 2.29. The van der Waals surface area contributed by atoms with E-state index in [1.165, 1.54) is 0 Å². The highest BCUT2D eigenvalue weighted by atomic mass is 127. The fourth-order valence-corrected chi connectivity index (χ4v) is 2.85. The maximum Gasteiger partial charge on any atom is 0.191 e. The highest BCUT2D eigenvalue weighted by Gasteiger charge is 2.07. The smallest absolute Gasteiger partial charge is 0.191 e. The van der Waals surface area contributed by atoms with E-state index in [1.807, 2.05) is 73.7 Å². The molecular weight excluding hydrogens is 503 g/mol. The first-order chi connectivity index (χ1) is 14.8. The number of hydrogen-bond acceptors (Lipinski definition) is 4. The van der Waals surface area contributed by atoms with Crippen molar-refractivity contribution in [1.82, 2.24) is 15.6 Å². The third kappa shape index (κ3) is 8.09. The van der Waals surface area contributed by atoms with E-state index in [0.29, 0.717) is 31.2 Å². The van der Waals surface area contributed by atoms with E-state index >= 15 is 0 Å². The summed E-state index contributed by atoms with van der Waals surface area (Å²) < 4.78 is 11.4. The van der Waals surface area contributed by atoms with E-state index in [4.69, 9.17) is 9.47 Å². The molecule has 0 radical (unpaired) electrons. The third-order valence-corrected chi connectivity index (χ3v) is 4.39. The van der Waals surface area contributed by atoms with Gasteiger partial charge in [0.2, 0.25) is 0 Å². The molecule has 0 bridgehead atoms. The normalized spacial score (nSPS) is 10.7. The SMILES string of the molecule is CCNC(=NCc1ccc(OCc2ccccc2)c(OC)c1)NCc1ccccn1.I. The standard InChI is InChI=1S/C24H28N4O2.HI/c1-3-25-24(28-17-21-11-7-8-14-26-21)27-16-20-12-13-22(23(15-20)29-2)30-18-19-9-5-4-6-10-19;/h4-15H,3,16-18H2,1-2H3,(H2,25,27,28);1H. The van der Waals surface area contributed by atoms with Gasteiger partial charge in [-0.05, 0) is 42.3 Å². The van der Waals surface area contributed by atoms with Crippen LogP contribution in [0.4, 0.5) is 0 Å². The van der Waals surface area contributed by atoms with Crippen LogP contribution in [-0.2, 0) is 19.7 Å². The fraction of sp³-hybridized carbons (Fsp3) is 0.250. The predicted octanol–water partition coefficient (Wildman–Crippen LogP) is 4.54. The molecule has 3 aromatic rings. The number of aromatic nitrogens is 1. The summed E-state index contributed by atoms with van der Waals surface area (Å²) in [5.41, 5.74) is 3.11. The van der Waals surface area contributed by atoms with E-state index in [1.54, 1.807) is 13.3 Å². The molecule has 0 saturated heterocycles. The van der Waals surface area contributed by atoms with Crippen molar-refractivity contribution in [2.24, 2.45) is 4.99 Å². The van der Waals surface area contributed by atoms with E-state index in [2.05, 4.69) is 20.6 Å². The number of hydrogen-bond donors (Lipinski definition) is 2. The number of guanidine groups is 1. The monoisotopic (exact) mass is 532 g/mol. The van der Waals surface area contributed by atoms with Gasteiger partial charge in [-0.25, -0.2) is 4.99 Å². The third-order valence-electron chi connectivity index (χ3n) is 4.39. The van der Waals surface area contributed by atoms with Gasteiger partial charge in [-0.1, -0.05) is 42.5 Å². The average molecular weight is 532 g/mol. The minimum absolute atomic E-state index is 0. The molecule has 2 N–H and O–H groups in total. The summed E-state index contributed by atoms with van der Waals surface area (Å²) in [6.45, 7) is 4.45. The molecule has 0 saturated carbocycles. The van der Waals surface area contributed by atoms with Crippen molar-refractivity contribution in [3.05, 3.63) is 89.7 Å². The molecule has 6 nitrogen and oxygen atoms in total. The van der Waals surface area contributed by atoms with Gasteiger partial charge in [-0.15, -0.1) is 24.0 Å². The summed E-state index contributed by atoms with van der Waals surface area (Å²) in [6.07, 6.45) is 1.79. The van der Waals surface area contributed by atoms with Gasteiger partial charge in [-0.2, -0.15) is 0 Å². The van der Waals surface area contributed by atoms with Gasteiger partial charge in [0.05, 0.1) is 25.9 Å². The number of halogens is 1. The molecule has 0 aliphatic heterocycles. The Balaban J connectivity index is 0.00000341. The Hall–Kier alpha value is -2.81. The molecule has 0 atom stereocenters. The minimum Gasteiger partial charge on any atom is -0.493 e. The van der Waals surface area contributed by atoms with Crippen molar-refractivity contribution >= 4 is 29.9 Å². The second-order valence-electron chi connectivity index (χ2n) is 6.63. The van der Waals surface area contributed by atoms with Crippen molar-refractivity contribution in [1.29, 1.82) is 0 Å². The first kappa shape index (κ1) is 24.5. The van der Waals surface area contributed by atoms with E-state index in [-0.39, 0.29) is 24.0 Å². The van der Waals surface area contributed by atoms with Crippen LogP contribution in [0.25, 0.3) is 0 Å². The van der Waals surface area contributed by atoms with Gasteiger partial charge in [0.15, 0.2) is 17.5 Å². The predicted molar refractivity (Wildman–Crippen MR) is 135 cm³/mol. The number of benzene rings is 2. The van der Waals surface area contributed by atoms with Crippen LogP contribution in [0.5, 0.6) is 11.5 Å². The molecule has 0 amide bonds. The van der Waals surface area contributed by atoms with Crippen molar-refractivity contribution in [3.63, 3.8) is 0 Å². The Labute approximate surface area is 201 Å². The van der Waals surface area contributed by atoms with Gasteiger partial charge in [0, 0.05) is 12.7 Å². The van der Waals surface area contributed by atoms with Gasteiger partial charge in [-0.3, -0.25) is 4.98 Å². The lowest BCUT2D eigenvalue weighted by Crippen LogP contribution is -2.37. The van der Waals surface area contributed by atoms with Gasteiger partial charge >= 0.3 is 0 Å². The molecule has 0 unspecified atom stereocenters. The molecule has 7 heteroatoms. The van der Waals surface area contributed by atoms with Gasteiger partial charge in [0.25, 0.3) is 0 Å². The summed E-state index contributed by atoms with van der Waals surface area (Å²) in [6, 6.07) is 21.8.